The Morgan fingerprint density at radius 1 is 1.10 bits per heavy atom. The number of ketones is 1. The van der Waals surface area contributed by atoms with Gasteiger partial charge < -0.3 is 4.74 Å². The van der Waals surface area contributed by atoms with Gasteiger partial charge in [0.05, 0.1) is 23.5 Å². The van der Waals surface area contributed by atoms with Crippen LogP contribution >= 0.6 is 0 Å². The van der Waals surface area contributed by atoms with Crippen LogP contribution in [0.3, 0.4) is 0 Å². The molecule has 158 valence electrons. The van der Waals surface area contributed by atoms with Crippen LogP contribution in [0.25, 0.3) is 0 Å². The van der Waals surface area contributed by atoms with Crippen LogP contribution in [0.15, 0.2) is 30.7 Å². The maximum atomic E-state index is 12.8. The molecule has 29 heavy (non-hydrogen) atoms. The molecule has 0 aromatic carbocycles. The summed E-state index contributed by atoms with van der Waals surface area (Å²) in [5.41, 5.74) is -1.02. The Labute approximate surface area is 166 Å². The van der Waals surface area contributed by atoms with Gasteiger partial charge in [-0.2, -0.15) is 18.3 Å². The van der Waals surface area contributed by atoms with Crippen molar-refractivity contribution in [2.45, 2.75) is 58.4 Å². The van der Waals surface area contributed by atoms with Crippen molar-refractivity contribution in [3.8, 4) is 0 Å². The van der Waals surface area contributed by atoms with Crippen molar-refractivity contribution in [3.63, 3.8) is 0 Å². The number of hydrogen-bond acceptors (Lipinski definition) is 5. The fraction of sp³-hybridized carbons (Fsp3) is 0.474. The molecule has 0 atom stereocenters. The van der Waals surface area contributed by atoms with E-state index in [-0.39, 0.29) is 5.69 Å². The molecule has 0 radical (unpaired) electrons. The second-order valence-corrected chi connectivity index (χ2v) is 8.05. The molecule has 0 aliphatic rings. The van der Waals surface area contributed by atoms with Crippen molar-refractivity contribution in [1.29, 1.82) is 0 Å². The van der Waals surface area contributed by atoms with E-state index in [4.69, 9.17) is 4.74 Å². The lowest BCUT2D eigenvalue weighted by Crippen LogP contribution is -2.30. The van der Waals surface area contributed by atoms with Gasteiger partial charge in [0.1, 0.15) is 17.8 Å². The molecule has 7 nitrogen and oxygen atoms in total. The lowest BCUT2D eigenvalue weighted by atomic mass is 9.81. The monoisotopic (exact) mass is 412 g/mol. The number of halogens is 3. The molecule has 0 unspecified atom stereocenters. The highest BCUT2D eigenvalue weighted by atomic mass is 19.4. The minimum Gasteiger partial charge on any atom is -0.444 e. The van der Waals surface area contributed by atoms with E-state index in [9.17, 15) is 22.8 Å². The Morgan fingerprint density at radius 2 is 1.76 bits per heavy atom. The van der Waals surface area contributed by atoms with Gasteiger partial charge >= 0.3 is 12.3 Å². The van der Waals surface area contributed by atoms with Crippen molar-refractivity contribution in [2.24, 2.45) is 0 Å². The maximum absolute atomic E-state index is 12.8. The van der Waals surface area contributed by atoms with E-state index in [1.807, 2.05) is 0 Å². The number of hydrogen-bond donors (Lipinski definition) is 1. The number of pyridine rings is 1. The van der Waals surface area contributed by atoms with Gasteiger partial charge in [-0.25, -0.2) is 4.79 Å². The van der Waals surface area contributed by atoms with Gasteiger partial charge in [-0.1, -0.05) is 0 Å². The van der Waals surface area contributed by atoms with Crippen molar-refractivity contribution >= 4 is 17.6 Å². The summed E-state index contributed by atoms with van der Waals surface area (Å²) in [6, 6.07) is 2.92. The highest BCUT2D eigenvalue weighted by Crippen LogP contribution is 2.28. The van der Waals surface area contributed by atoms with Crippen LogP contribution < -0.4 is 5.32 Å². The number of aromatic nitrogens is 3. The van der Waals surface area contributed by atoms with Crippen LogP contribution in [0.1, 0.15) is 50.7 Å². The SMILES string of the molecule is CC(C)(C)OC(=O)Nc1ccc(C(=O)C(C)(C)c2cnn(CC(F)(F)F)c2)nc1. The predicted octanol–water partition coefficient (Wildman–Crippen LogP) is 4.35. The molecule has 2 aromatic heterocycles. The first-order valence-corrected chi connectivity index (χ1v) is 8.78. The first kappa shape index (κ1) is 22.4. The third-order valence-electron chi connectivity index (χ3n) is 3.91. The van der Waals surface area contributed by atoms with E-state index in [0.29, 0.717) is 11.3 Å². The molecule has 0 bridgehead atoms. The van der Waals surface area contributed by atoms with Crippen molar-refractivity contribution in [3.05, 3.63) is 42.0 Å². The van der Waals surface area contributed by atoms with Crippen LogP contribution in [0.5, 0.6) is 0 Å². The summed E-state index contributed by atoms with van der Waals surface area (Å²) in [6.45, 7) is 7.11. The molecule has 2 heterocycles. The number of alkyl halides is 3. The third-order valence-corrected chi connectivity index (χ3v) is 3.91. The number of rotatable bonds is 5. The second-order valence-electron chi connectivity index (χ2n) is 8.05. The molecule has 0 aliphatic heterocycles. The van der Waals surface area contributed by atoms with Gasteiger partial charge in [-0.05, 0) is 46.8 Å². The summed E-state index contributed by atoms with van der Waals surface area (Å²) in [7, 11) is 0. The van der Waals surface area contributed by atoms with Crippen LogP contribution in [0.2, 0.25) is 0 Å². The van der Waals surface area contributed by atoms with E-state index < -0.39 is 35.6 Å². The van der Waals surface area contributed by atoms with Gasteiger partial charge in [0, 0.05) is 11.8 Å². The molecule has 1 amide bonds. The van der Waals surface area contributed by atoms with Crippen molar-refractivity contribution in [1.82, 2.24) is 14.8 Å². The molecule has 0 saturated carbocycles. The van der Waals surface area contributed by atoms with Crippen molar-refractivity contribution < 1.29 is 27.5 Å². The van der Waals surface area contributed by atoms with Crippen LogP contribution in [-0.2, 0) is 16.7 Å². The summed E-state index contributed by atoms with van der Waals surface area (Å²) in [4.78, 5) is 28.7. The zero-order valence-corrected chi connectivity index (χ0v) is 16.8. The number of nitrogens with zero attached hydrogens (tertiary/aromatic N) is 3. The summed E-state index contributed by atoms with van der Waals surface area (Å²) in [6.07, 6.45) is -1.32. The van der Waals surface area contributed by atoms with Crippen LogP contribution in [0.4, 0.5) is 23.7 Å². The molecule has 0 aliphatic carbocycles. The molecular formula is C19H23F3N4O3. The number of nitrogens with one attached hydrogen (secondary N) is 1. The molecular weight excluding hydrogens is 389 g/mol. The van der Waals surface area contributed by atoms with Gasteiger partial charge in [-0.15, -0.1) is 0 Å². The quantitative estimate of drug-likeness (QED) is 0.738. The lowest BCUT2D eigenvalue weighted by Gasteiger charge is -2.21. The normalized spacial score (nSPS) is 12.6. The summed E-state index contributed by atoms with van der Waals surface area (Å²) >= 11 is 0. The summed E-state index contributed by atoms with van der Waals surface area (Å²) in [5, 5.41) is 6.19. The zero-order chi connectivity index (χ0) is 22.0. The number of carbonyl (C=O) groups is 2. The topological polar surface area (TPSA) is 86.1 Å². The predicted molar refractivity (Wildman–Crippen MR) is 99.7 cm³/mol. The molecule has 2 aromatic rings. The van der Waals surface area contributed by atoms with Gasteiger partial charge in [-0.3, -0.25) is 19.8 Å². The number of amides is 1. The first-order chi connectivity index (χ1) is 13.2. The van der Waals surface area contributed by atoms with E-state index in [1.165, 1.54) is 30.7 Å². The highest BCUT2D eigenvalue weighted by Gasteiger charge is 2.34. The average molecular weight is 412 g/mol. The lowest BCUT2D eigenvalue weighted by molar-refractivity contribution is -0.142. The molecule has 10 heteroatoms. The average Bonchev–Trinajstić information content (AvgIpc) is 3.00. The third kappa shape index (κ3) is 6.30. The van der Waals surface area contributed by atoms with E-state index in [2.05, 4.69) is 15.4 Å². The van der Waals surface area contributed by atoms with Crippen LogP contribution in [0, 0.1) is 0 Å². The number of ether oxygens (including phenoxy) is 1. The second kappa shape index (κ2) is 7.84. The molecule has 0 saturated heterocycles. The zero-order valence-electron chi connectivity index (χ0n) is 16.8. The van der Waals surface area contributed by atoms with Gasteiger partial charge in [0.25, 0.3) is 0 Å². The minimum absolute atomic E-state index is 0.105. The van der Waals surface area contributed by atoms with Crippen LogP contribution in [-0.4, -0.2) is 38.4 Å². The smallest absolute Gasteiger partial charge is 0.412 e. The van der Waals surface area contributed by atoms with Gasteiger partial charge in [0.2, 0.25) is 0 Å². The minimum atomic E-state index is -4.41. The molecule has 0 spiro atoms. The van der Waals surface area contributed by atoms with E-state index >= 15 is 0 Å². The van der Waals surface area contributed by atoms with E-state index in [0.717, 1.165) is 4.68 Å². The fourth-order valence-electron chi connectivity index (χ4n) is 2.43. The van der Waals surface area contributed by atoms with E-state index in [1.54, 1.807) is 34.6 Å². The Kier molecular flexibility index (Phi) is 6.05. The summed E-state index contributed by atoms with van der Waals surface area (Å²) in [5.74, 6) is -0.395. The first-order valence-electron chi connectivity index (χ1n) is 8.78. The Morgan fingerprint density at radius 3 is 2.28 bits per heavy atom. The number of anilines is 1. The molecule has 0 fully saturated rings. The van der Waals surface area contributed by atoms with Crippen molar-refractivity contribution in [2.75, 3.05) is 5.32 Å². The Bertz CT molecular complexity index is 881. The maximum Gasteiger partial charge on any atom is 0.412 e. The number of carbonyl (C=O) groups excluding carboxylic acids is 2. The largest absolute Gasteiger partial charge is 0.444 e. The summed E-state index contributed by atoms with van der Waals surface area (Å²) < 4.78 is 43.4. The Balaban J connectivity index is 2.12. The van der Waals surface area contributed by atoms with Gasteiger partial charge in [0.15, 0.2) is 5.78 Å². The fourth-order valence-corrected chi connectivity index (χ4v) is 2.43. The molecule has 1 N–H and O–H groups in total. The Hall–Kier alpha value is -2.91. The molecule has 2 rings (SSSR count). The standard InChI is InChI=1S/C19H23F3N4O3/c1-17(2,3)29-16(28)25-13-6-7-14(23-9-13)15(27)18(4,5)12-8-24-26(10-12)11-19(20,21)22/h6-10H,11H2,1-5H3,(H,25,28). The number of Topliss-reactive ketones (excluding diaryl/α,β-unsaturated/α-hetero) is 1. The highest BCUT2D eigenvalue weighted by molar-refractivity contribution is 6.02.